The van der Waals surface area contributed by atoms with Gasteiger partial charge in [-0.3, -0.25) is 0 Å². The number of likely N-dealkylation sites (tertiary alicyclic amines) is 1. The van der Waals surface area contributed by atoms with Crippen molar-refractivity contribution in [3.05, 3.63) is 29.8 Å². The van der Waals surface area contributed by atoms with Gasteiger partial charge in [-0.15, -0.1) is 0 Å². The van der Waals surface area contributed by atoms with Gasteiger partial charge in [-0.25, -0.2) is 0 Å². The van der Waals surface area contributed by atoms with Gasteiger partial charge in [-0.1, -0.05) is 25.1 Å². The van der Waals surface area contributed by atoms with Crippen molar-refractivity contribution < 1.29 is 0 Å². The molecule has 1 N–H and O–H groups in total. The first kappa shape index (κ1) is 14.4. The number of nitrogens with zero attached hydrogens (tertiary/aromatic N) is 2. The first-order chi connectivity index (χ1) is 9.22. The predicted molar refractivity (Wildman–Crippen MR) is 82.7 cm³/mol. The molecule has 19 heavy (non-hydrogen) atoms. The minimum Gasteiger partial charge on any atom is -0.370 e. The lowest BCUT2D eigenvalue weighted by Gasteiger charge is -2.38. The van der Waals surface area contributed by atoms with E-state index in [-0.39, 0.29) is 0 Å². The van der Waals surface area contributed by atoms with Crippen LogP contribution in [0.2, 0.25) is 0 Å². The second-order valence-corrected chi connectivity index (χ2v) is 5.58. The Morgan fingerprint density at radius 1 is 1.37 bits per heavy atom. The van der Waals surface area contributed by atoms with E-state index in [9.17, 15) is 0 Å². The van der Waals surface area contributed by atoms with Gasteiger partial charge in [0, 0.05) is 31.9 Å². The lowest BCUT2D eigenvalue weighted by atomic mass is 10.0. The molecular weight excluding hydrogens is 234 g/mol. The van der Waals surface area contributed by atoms with Crippen LogP contribution in [0.25, 0.3) is 0 Å². The van der Waals surface area contributed by atoms with E-state index < -0.39 is 0 Å². The number of para-hydroxylation sites is 1. The van der Waals surface area contributed by atoms with E-state index in [1.807, 2.05) is 0 Å². The van der Waals surface area contributed by atoms with Crippen LogP contribution >= 0.6 is 0 Å². The summed E-state index contributed by atoms with van der Waals surface area (Å²) in [5.74, 6) is 0. The largest absolute Gasteiger partial charge is 0.370 e. The molecule has 1 unspecified atom stereocenters. The maximum absolute atomic E-state index is 3.43. The normalized spacial score (nSPS) is 20.5. The zero-order chi connectivity index (χ0) is 13.7. The number of piperidine rings is 1. The second kappa shape index (κ2) is 6.92. The molecule has 1 atom stereocenters. The van der Waals surface area contributed by atoms with Gasteiger partial charge in [0.25, 0.3) is 0 Å². The van der Waals surface area contributed by atoms with Gasteiger partial charge in [-0.05, 0) is 44.6 Å². The van der Waals surface area contributed by atoms with E-state index in [1.165, 1.54) is 37.2 Å². The molecule has 0 radical (unpaired) electrons. The molecule has 1 saturated heterocycles. The van der Waals surface area contributed by atoms with Crippen LogP contribution in [-0.2, 0) is 6.54 Å². The van der Waals surface area contributed by atoms with Crippen molar-refractivity contribution in [2.45, 2.75) is 32.4 Å². The molecule has 0 spiro atoms. The molecule has 3 nitrogen and oxygen atoms in total. The van der Waals surface area contributed by atoms with Crippen LogP contribution in [0.15, 0.2) is 24.3 Å². The molecule has 0 saturated carbocycles. The molecular formula is C16H27N3. The smallest absolute Gasteiger partial charge is 0.0414 e. The van der Waals surface area contributed by atoms with Crippen LogP contribution in [0, 0.1) is 0 Å². The van der Waals surface area contributed by atoms with E-state index in [4.69, 9.17) is 0 Å². The quantitative estimate of drug-likeness (QED) is 0.877. The minimum absolute atomic E-state index is 0.640. The molecule has 1 aromatic carbocycles. The number of hydrogen-bond donors (Lipinski definition) is 1. The summed E-state index contributed by atoms with van der Waals surface area (Å²) < 4.78 is 0. The van der Waals surface area contributed by atoms with Crippen LogP contribution in [0.1, 0.15) is 25.3 Å². The van der Waals surface area contributed by atoms with E-state index in [0.29, 0.717) is 6.04 Å². The molecule has 0 bridgehead atoms. The van der Waals surface area contributed by atoms with Gasteiger partial charge >= 0.3 is 0 Å². The third-order valence-electron chi connectivity index (χ3n) is 4.08. The number of likely N-dealkylation sites (N-methyl/N-ethyl adjacent to an activating group) is 2. The lowest BCUT2D eigenvalue weighted by Crippen LogP contribution is -2.45. The maximum Gasteiger partial charge on any atom is 0.0414 e. The van der Waals surface area contributed by atoms with Crippen LogP contribution in [0.5, 0.6) is 0 Å². The summed E-state index contributed by atoms with van der Waals surface area (Å²) in [6, 6.07) is 9.41. The molecule has 1 fully saturated rings. The summed E-state index contributed by atoms with van der Waals surface area (Å²) >= 11 is 0. The van der Waals surface area contributed by atoms with Gasteiger partial charge in [-0.2, -0.15) is 0 Å². The molecule has 1 aliphatic rings. The Hall–Kier alpha value is -1.06. The summed E-state index contributed by atoms with van der Waals surface area (Å²) in [6.07, 6.45) is 2.61. The number of anilines is 1. The Morgan fingerprint density at radius 2 is 2.16 bits per heavy atom. The third-order valence-corrected chi connectivity index (χ3v) is 4.08. The average Bonchev–Trinajstić information content (AvgIpc) is 2.44. The standard InChI is InChI=1S/C16H27N3/c1-4-17-12-14-8-5-6-10-16(14)19(3)15-9-7-11-18(2)13-15/h5-6,8,10,15,17H,4,7,9,11-13H2,1-3H3. The molecule has 1 aromatic rings. The zero-order valence-electron chi connectivity index (χ0n) is 12.5. The number of benzene rings is 1. The van der Waals surface area contributed by atoms with Crippen molar-refractivity contribution in [3.8, 4) is 0 Å². The fourth-order valence-electron chi connectivity index (χ4n) is 2.92. The van der Waals surface area contributed by atoms with E-state index in [2.05, 4.69) is 60.4 Å². The first-order valence-corrected chi connectivity index (χ1v) is 7.42. The second-order valence-electron chi connectivity index (χ2n) is 5.58. The van der Waals surface area contributed by atoms with E-state index >= 15 is 0 Å². The molecule has 2 rings (SSSR count). The third kappa shape index (κ3) is 3.71. The SMILES string of the molecule is CCNCc1ccccc1N(C)C1CCCN(C)C1. The number of rotatable bonds is 5. The fraction of sp³-hybridized carbons (Fsp3) is 0.625. The van der Waals surface area contributed by atoms with E-state index in [0.717, 1.165) is 13.1 Å². The molecule has 1 heterocycles. The predicted octanol–water partition coefficient (Wildman–Crippen LogP) is 2.33. The van der Waals surface area contributed by atoms with Gasteiger partial charge in [0.05, 0.1) is 0 Å². The van der Waals surface area contributed by atoms with Crippen molar-refractivity contribution in [1.82, 2.24) is 10.2 Å². The van der Waals surface area contributed by atoms with Gasteiger partial charge in [0.1, 0.15) is 0 Å². The summed E-state index contributed by atoms with van der Waals surface area (Å²) in [4.78, 5) is 4.92. The van der Waals surface area contributed by atoms with Crippen molar-refractivity contribution in [1.29, 1.82) is 0 Å². The minimum atomic E-state index is 0.640. The maximum atomic E-state index is 3.43. The Kier molecular flexibility index (Phi) is 5.23. The van der Waals surface area contributed by atoms with Crippen molar-refractivity contribution >= 4 is 5.69 Å². The monoisotopic (exact) mass is 261 g/mol. The van der Waals surface area contributed by atoms with Crippen LogP contribution in [0.3, 0.4) is 0 Å². The molecule has 0 aromatic heterocycles. The Morgan fingerprint density at radius 3 is 2.89 bits per heavy atom. The Balaban J connectivity index is 2.11. The van der Waals surface area contributed by atoms with Crippen molar-refractivity contribution in [2.24, 2.45) is 0 Å². The molecule has 0 aliphatic carbocycles. The van der Waals surface area contributed by atoms with Crippen LogP contribution in [-0.4, -0.2) is 44.7 Å². The van der Waals surface area contributed by atoms with Crippen LogP contribution < -0.4 is 10.2 Å². The summed E-state index contributed by atoms with van der Waals surface area (Å²) in [7, 11) is 4.47. The molecule has 3 heteroatoms. The molecule has 0 amide bonds. The number of nitrogens with one attached hydrogen (secondary N) is 1. The topological polar surface area (TPSA) is 18.5 Å². The lowest BCUT2D eigenvalue weighted by molar-refractivity contribution is 0.248. The van der Waals surface area contributed by atoms with Gasteiger partial charge in [0.15, 0.2) is 0 Å². The highest BCUT2D eigenvalue weighted by molar-refractivity contribution is 5.54. The number of hydrogen-bond acceptors (Lipinski definition) is 3. The molecule has 106 valence electrons. The van der Waals surface area contributed by atoms with E-state index in [1.54, 1.807) is 0 Å². The van der Waals surface area contributed by atoms with Crippen molar-refractivity contribution in [3.63, 3.8) is 0 Å². The average molecular weight is 261 g/mol. The first-order valence-electron chi connectivity index (χ1n) is 7.42. The fourth-order valence-corrected chi connectivity index (χ4v) is 2.92. The highest BCUT2D eigenvalue weighted by Gasteiger charge is 2.22. The Labute approximate surface area is 117 Å². The summed E-state index contributed by atoms with van der Waals surface area (Å²) in [5, 5.41) is 3.43. The zero-order valence-corrected chi connectivity index (χ0v) is 12.5. The summed E-state index contributed by atoms with van der Waals surface area (Å²) in [5.41, 5.74) is 2.78. The summed E-state index contributed by atoms with van der Waals surface area (Å²) in [6.45, 7) is 6.54. The van der Waals surface area contributed by atoms with Gasteiger partial charge < -0.3 is 15.1 Å². The van der Waals surface area contributed by atoms with Gasteiger partial charge in [0.2, 0.25) is 0 Å². The van der Waals surface area contributed by atoms with Crippen molar-refractivity contribution in [2.75, 3.05) is 38.6 Å². The highest BCUT2D eigenvalue weighted by atomic mass is 15.2. The molecule has 1 aliphatic heterocycles. The Bertz CT molecular complexity index is 391. The highest BCUT2D eigenvalue weighted by Crippen LogP contribution is 2.24. The van der Waals surface area contributed by atoms with Crippen LogP contribution in [0.4, 0.5) is 5.69 Å².